The summed E-state index contributed by atoms with van der Waals surface area (Å²) in [6.07, 6.45) is 1.75. The van der Waals surface area contributed by atoms with Gasteiger partial charge >= 0.3 is 0 Å². The van der Waals surface area contributed by atoms with Crippen molar-refractivity contribution in [3.63, 3.8) is 0 Å². The highest BCUT2D eigenvalue weighted by Crippen LogP contribution is 2.23. The van der Waals surface area contributed by atoms with Gasteiger partial charge in [-0.15, -0.1) is 24.8 Å². The van der Waals surface area contributed by atoms with Crippen LogP contribution >= 0.6 is 36.3 Å². The van der Waals surface area contributed by atoms with Gasteiger partial charge < -0.3 is 15.5 Å². The van der Waals surface area contributed by atoms with Crippen LogP contribution in [0.25, 0.3) is 0 Å². The Morgan fingerprint density at radius 2 is 1.89 bits per heavy atom. The normalized spacial score (nSPS) is 16.6. The SMILES string of the molecule is CCc1nsc(N2CCCN(C(=O)C(C)(N)c3ccccc3)CC2)n1.Cl.Cl. The number of hydrogen-bond donors (Lipinski definition) is 1. The van der Waals surface area contributed by atoms with Crippen LogP contribution in [-0.4, -0.2) is 46.3 Å². The minimum absolute atomic E-state index is 0. The van der Waals surface area contributed by atoms with Crippen LogP contribution in [0.15, 0.2) is 30.3 Å². The van der Waals surface area contributed by atoms with Crippen molar-refractivity contribution in [1.29, 1.82) is 0 Å². The van der Waals surface area contributed by atoms with E-state index in [1.54, 1.807) is 6.92 Å². The fourth-order valence-corrected chi connectivity index (χ4v) is 3.87. The van der Waals surface area contributed by atoms with Crippen LogP contribution < -0.4 is 10.6 Å². The average Bonchev–Trinajstić information content (AvgIpc) is 2.99. The van der Waals surface area contributed by atoms with Crippen molar-refractivity contribution in [2.24, 2.45) is 5.73 Å². The summed E-state index contributed by atoms with van der Waals surface area (Å²) in [5.41, 5.74) is 6.25. The van der Waals surface area contributed by atoms with Gasteiger partial charge in [0.25, 0.3) is 0 Å². The zero-order valence-corrected chi connectivity index (χ0v) is 18.1. The molecule has 1 aromatic heterocycles. The Labute approximate surface area is 177 Å². The lowest BCUT2D eigenvalue weighted by atomic mass is 9.91. The van der Waals surface area contributed by atoms with Crippen LogP contribution in [0.1, 0.15) is 31.7 Å². The second kappa shape index (κ2) is 10.2. The summed E-state index contributed by atoms with van der Waals surface area (Å²) in [4.78, 5) is 21.7. The molecule has 9 heteroatoms. The lowest BCUT2D eigenvalue weighted by Crippen LogP contribution is -2.51. The molecule has 2 aromatic rings. The molecule has 0 spiro atoms. The van der Waals surface area contributed by atoms with Gasteiger partial charge in [-0.2, -0.15) is 4.37 Å². The lowest BCUT2D eigenvalue weighted by Gasteiger charge is -2.31. The second-order valence-corrected chi connectivity index (χ2v) is 7.28. The van der Waals surface area contributed by atoms with Gasteiger partial charge in [0.2, 0.25) is 11.0 Å². The Bertz CT molecular complexity index is 726. The first-order chi connectivity index (χ1) is 12.0. The van der Waals surface area contributed by atoms with Gasteiger partial charge in [0, 0.05) is 44.1 Å². The fraction of sp³-hybridized carbons (Fsp3) is 0.500. The number of nitrogens with two attached hydrogens (primary N) is 1. The number of carbonyl (C=O) groups excluding carboxylic acids is 1. The third-order valence-corrected chi connectivity index (χ3v) is 5.46. The highest BCUT2D eigenvalue weighted by atomic mass is 35.5. The maximum Gasteiger partial charge on any atom is 0.247 e. The van der Waals surface area contributed by atoms with E-state index in [9.17, 15) is 4.79 Å². The van der Waals surface area contributed by atoms with Gasteiger partial charge in [0.15, 0.2) is 0 Å². The number of aryl methyl sites for hydroxylation is 1. The molecule has 2 heterocycles. The van der Waals surface area contributed by atoms with Crippen molar-refractivity contribution >= 4 is 47.4 Å². The van der Waals surface area contributed by atoms with E-state index < -0.39 is 5.54 Å². The molecule has 1 aliphatic rings. The molecule has 0 saturated carbocycles. The van der Waals surface area contributed by atoms with Crippen molar-refractivity contribution in [2.45, 2.75) is 32.2 Å². The molecule has 27 heavy (non-hydrogen) atoms. The Hall–Kier alpha value is -1.41. The zero-order chi connectivity index (χ0) is 17.9. The van der Waals surface area contributed by atoms with Crippen LogP contribution in [-0.2, 0) is 16.8 Å². The first kappa shape index (κ1) is 23.6. The molecule has 150 valence electrons. The number of benzene rings is 1. The fourth-order valence-electron chi connectivity index (χ4n) is 3.06. The maximum absolute atomic E-state index is 13.0. The summed E-state index contributed by atoms with van der Waals surface area (Å²) in [6, 6.07) is 9.59. The van der Waals surface area contributed by atoms with Crippen LogP contribution in [0.3, 0.4) is 0 Å². The van der Waals surface area contributed by atoms with Gasteiger partial charge in [-0.1, -0.05) is 37.3 Å². The average molecular weight is 432 g/mol. The number of amides is 1. The molecule has 1 fully saturated rings. The minimum atomic E-state index is -1.01. The molecule has 1 amide bonds. The van der Waals surface area contributed by atoms with E-state index in [4.69, 9.17) is 5.73 Å². The molecule has 1 saturated heterocycles. The Kier molecular flexibility index (Phi) is 8.94. The summed E-state index contributed by atoms with van der Waals surface area (Å²) in [6.45, 7) is 6.86. The number of nitrogens with zero attached hydrogens (tertiary/aromatic N) is 4. The van der Waals surface area contributed by atoms with E-state index in [2.05, 4.69) is 21.2 Å². The molecular weight excluding hydrogens is 405 g/mol. The Morgan fingerprint density at radius 3 is 2.52 bits per heavy atom. The molecule has 0 radical (unpaired) electrons. The van der Waals surface area contributed by atoms with E-state index in [1.165, 1.54) is 11.5 Å². The molecule has 6 nitrogen and oxygen atoms in total. The number of hydrogen-bond acceptors (Lipinski definition) is 6. The highest BCUT2D eigenvalue weighted by Gasteiger charge is 2.35. The summed E-state index contributed by atoms with van der Waals surface area (Å²) < 4.78 is 4.36. The van der Waals surface area contributed by atoms with Crippen LogP contribution in [0.5, 0.6) is 0 Å². The Morgan fingerprint density at radius 1 is 1.19 bits per heavy atom. The van der Waals surface area contributed by atoms with Crippen molar-refractivity contribution < 1.29 is 4.79 Å². The van der Waals surface area contributed by atoms with Crippen molar-refractivity contribution in [1.82, 2.24) is 14.3 Å². The van der Waals surface area contributed by atoms with E-state index in [0.29, 0.717) is 13.1 Å². The first-order valence-electron chi connectivity index (χ1n) is 8.73. The van der Waals surface area contributed by atoms with Crippen LogP contribution in [0.4, 0.5) is 5.13 Å². The van der Waals surface area contributed by atoms with E-state index >= 15 is 0 Å². The minimum Gasteiger partial charge on any atom is -0.345 e. The molecule has 1 unspecified atom stereocenters. The van der Waals surface area contributed by atoms with Gasteiger partial charge in [-0.05, 0) is 18.9 Å². The molecule has 2 N–H and O–H groups in total. The molecule has 1 atom stereocenters. The van der Waals surface area contributed by atoms with Gasteiger partial charge in [-0.3, -0.25) is 4.79 Å². The van der Waals surface area contributed by atoms with Crippen molar-refractivity contribution in [3.8, 4) is 0 Å². The number of rotatable bonds is 4. The zero-order valence-electron chi connectivity index (χ0n) is 15.6. The van der Waals surface area contributed by atoms with Crippen molar-refractivity contribution in [3.05, 3.63) is 41.7 Å². The standard InChI is InChI=1S/C18H25N5OS.2ClH/c1-3-15-20-17(25-21-15)23-11-7-10-22(12-13-23)16(24)18(2,19)14-8-5-4-6-9-14;;/h4-6,8-9H,3,7,10-13,19H2,1-2H3;2*1H. The second-order valence-electron chi connectivity index (χ2n) is 6.55. The van der Waals surface area contributed by atoms with Gasteiger partial charge in [0.05, 0.1) is 0 Å². The van der Waals surface area contributed by atoms with Crippen molar-refractivity contribution in [2.75, 3.05) is 31.1 Å². The van der Waals surface area contributed by atoms with Crippen LogP contribution in [0.2, 0.25) is 0 Å². The lowest BCUT2D eigenvalue weighted by molar-refractivity contribution is -0.136. The predicted molar refractivity (Wildman–Crippen MR) is 115 cm³/mol. The highest BCUT2D eigenvalue weighted by molar-refractivity contribution is 7.09. The molecule has 3 rings (SSSR count). The summed E-state index contributed by atoms with van der Waals surface area (Å²) >= 11 is 1.44. The van der Waals surface area contributed by atoms with E-state index in [1.807, 2.05) is 35.2 Å². The summed E-state index contributed by atoms with van der Waals surface area (Å²) in [5.74, 6) is 0.864. The summed E-state index contributed by atoms with van der Waals surface area (Å²) in [5, 5.41) is 0.949. The van der Waals surface area contributed by atoms with E-state index in [-0.39, 0.29) is 30.7 Å². The summed E-state index contributed by atoms with van der Waals surface area (Å²) in [7, 11) is 0. The number of carbonyl (C=O) groups is 1. The maximum atomic E-state index is 13.0. The number of anilines is 1. The molecule has 0 aliphatic carbocycles. The smallest absolute Gasteiger partial charge is 0.247 e. The molecule has 1 aromatic carbocycles. The number of aromatic nitrogens is 2. The third kappa shape index (κ3) is 5.31. The number of halogens is 2. The van der Waals surface area contributed by atoms with E-state index in [0.717, 1.165) is 42.5 Å². The topological polar surface area (TPSA) is 75.4 Å². The monoisotopic (exact) mass is 431 g/mol. The van der Waals surface area contributed by atoms with Crippen LogP contribution in [0, 0.1) is 0 Å². The predicted octanol–water partition coefficient (Wildman–Crippen LogP) is 2.86. The molecule has 0 bridgehead atoms. The van der Waals surface area contributed by atoms with Gasteiger partial charge in [-0.25, -0.2) is 4.98 Å². The largest absolute Gasteiger partial charge is 0.345 e. The Balaban J connectivity index is 0.00000182. The quantitative estimate of drug-likeness (QED) is 0.804. The van der Waals surface area contributed by atoms with Gasteiger partial charge in [0.1, 0.15) is 11.4 Å². The first-order valence-corrected chi connectivity index (χ1v) is 9.51. The molecular formula is C18H27Cl2N5OS. The third-order valence-electron chi connectivity index (χ3n) is 4.64. The molecule has 1 aliphatic heterocycles.